The quantitative estimate of drug-likeness (QED) is 0.844. The second-order valence-electron chi connectivity index (χ2n) is 7.11. The van der Waals surface area contributed by atoms with Crippen LogP contribution in [0.1, 0.15) is 67.3 Å². The van der Waals surface area contributed by atoms with E-state index in [0.29, 0.717) is 31.5 Å². The minimum Gasteiger partial charge on any atom is -0.393 e. The van der Waals surface area contributed by atoms with Crippen LogP contribution in [0.3, 0.4) is 0 Å². The lowest BCUT2D eigenvalue weighted by Crippen LogP contribution is -2.40. The van der Waals surface area contributed by atoms with E-state index in [0.717, 1.165) is 17.9 Å². The normalized spacial score (nSPS) is 19.6. The predicted molar refractivity (Wildman–Crippen MR) is 95.7 cm³/mol. The van der Waals surface area contributed by atoms with Crippen molar-refractivity contribution in [3.63, 3.8) is 0 Å². The summed E-state index contributed by atoms with van der Waals surface area (Å²) in [5, 5.41) is 9.54. The number of hydrogen-bond donors (Lipinski definition) is 1. The summed E-state index contributed by atoms with van der Waals surface area (Å²) in [4.78, 5) is 14.3. The molecule has 1 aromatic carbocycles. The number of aliphatic hydroxyl groups excluding tert-OH is 1. The summed E-state index contributed by atoms with van der Waals surface area (Å²) >= 11 is 0. The highest BCUT2D eigenvalue weighted by atomic mass is 16.3. The fraction of sp³-hybridized carbons (Fsp3) is 0.571. The molecule has 2 fully saturated rings. The average Bonchev–Trinajstić information content (AvgIpc) is 2.63. The first-order chi connectivity index (χ1) is 11.7. The van der Waals surface area contributed by atoms with Gasteiger partial charge in [0.15, 0.2) is 0 Å². The summed E-state index contributed by atoms with van der Waals surface area (Å²) in [6.07, 6.45) is 8.85. The minimum absolute atomic E-state index is 0.0589. The van der Waals surface area contributed by atoms with Crippen molar-refractivity contribution in [2.75, 3.05) is 13.1 Å². The van der Waals surface area contributed by atoms with Crippen molar-refractivity contribution < 1.29 is 9.90 Å². The van der Waals surface area contributed by atoms with Crippen LogP contribution in [-0.2, 0) is 0 Å². The highest BCUT2D eigenvalue weighted by Gasteiger charge is 2.22. The summed E-state index contributed by atoms with van der Waals surface area (Å²) in [5.41, 5.74) is 1.70. The molecule has 1 amide bonds. The zero-order valence-electron chi connectivity index (χ0n) is 14.3. The van der Waals surface area contributed by atoms with Crippen LogP contribution in [0.25, 0.3) is 0 Å². The van der Waals surface area contributed by atoms with Crippen molar-refractivity contribution in [3.8, 4) is 11.8 Å². The largest absolute Gasteiger partial charge is 0.393 e. The van der Waals surface area contributed by atoms with Gasteiger partial charge in [-0.1, -0.05) is 31.1 Å². The Morgan fingerprint density at radius 3 is 2.38 bits per heavy atom. The maximum absolute atomic E-state index is 12.4. The van der Waals surface area contributed by atoms with E-state index in [1.54, 1.807) is 0 Å². The van der Waals surface area contributed by atoms with E-state index in [4.69, 9.17) is 0 Å². The molecule has 0 unspecified atom stereocenters. The van der Waals surface area contributed by atoms with Crippen LogP contribution in [0.4, 0.5) is 0 Å². The molecule has 0 spiro atoms. The molecule has 24 heavy (non-hydrogen) atoms. The second-order valence-corrected chi connectivity index (χ2v) is 7.11. The summed E-state index contributed by atoms with van der Waals surface area (Å²) in [6, 6.07) is 7.63. The Balaban J connectivity index is 1.54. The van der Waals surface area contributed by atoms with Gasteiger partial charge in [0.25, 0.3) is 5.91 Å². The number of carbonyl (C=O) groups excluding carboxylic acids is 1. The molecule has 0 aromatic heterocycles. The van der Waals surface area contributed by atoms with Gasteiger partial charge in [0.1, 0.15) is 0 Å². The van der Waals surface area contributed by atoms with Crippen molar-refractivity contribution >= 4 is 5.91 Å². The van der Waals surface area contributed by atoms with Crippen LogP contribution in [0, 0.1) is 17.8 Å². The third-order valence-corrected chi connectivity index (χ3v) is 5.23. The van der Waals surface area contributed by atoms with Gasteiger partial charge in [-0.3, -0.25) is 4.79 Å². The number of benzene rings is 1. The van der Waals surface area contributed by atoms with Crippen LogP contribution in [0.2, 0.25) is 0 Å². The predicted octanol–water partition coefficient (Wildman–Crippen LogP) is 3.61. The topological polar surface area (TPSA) is 40.5 Å². The average molecular weight is 325 g/mol. The Morgan fingerprint density at radius 1 is 1.04 bits per heavy atom. The Labute approximate surface area is 145 Å². The molecule has 3 rings (SSSR count). The van der Waals surface area contributed by atoms with Gasteiger partial charge in [-0.25, -0.2) is 0 Å². The molecule has 2 aliphatic rings. The maximum atomic E-state index is 12.4. The number of aliphatic hydroxyl groups is 1. The Bertz CT molecular complexity index is 597. The molecule has 1 aromatic rings. The van der Waals surface area contributed by atoms with Gasteiger partial charge in [0.2, 0.25) is 0 Å². The van der Waals surface area contributed by atoms with E-state index in [2.05, 4.69) is 11.8 Å². The molecule has 0 radical (unpaired) electrons. The zero-order valence-corrected chi connectivity index (χ0v) is 14.3. The first-order valence-electron chi connectivity index (χ1n) is 9.28. The van der Waals surface area contributed by atoms with Gasteiger partial charge in [-0.05, 0) is 55.9 Å². The molecule has 0 bridgehead atoms. The Hall–Kier alpha value is -1.79. The molecule has 0 atom stereocenters. The summed E-state index contributed by atoms with van der Waals surface area (Å²) in [5.74, 6) is 7.39. The first-order valence-corrected chi connectivity index (χ1v) is 9.28. The fourth-order valence-corrected chi connectivity index (χ4v) is 3.64. The Kier molecular flexibility index (Phi) is 5.93. The van der Waals surface area contributed by atoms with Crippen LogP contribution in [0.15, 0.2) is 24.3 Å². The zero-order chi connectivity index (χ0) is 16.8. The highest BCUT2D eigenvalue weighted by Crippen LogP contribution is 2.25. The third kappa shape index (κ3) is 4.61. The van der Waals surface area contributed by atoms with Crippen LogP contribution in [0.5, 0.6) is 0 Å². The maximum Gasteiger partial charge on any atom is 0.253 e. The van der Waals surface area contributed by atoms with E-state index >= 15 is 0 Å². The molecule has 1 heterocycles. The molecule has 3 heteroatoms. The van der Waals surface area contributed by atoms with Crippen LogP contribution < -0.4 is 0 Å². The lowest BCUT2D eigenvalue weighted by Gasteiger charge is -2.29. The lowest BCUT2D eigenvalue weighted by atomic mass is 9.87. The number of amides is 1. The van der Waals surface area contributed by atoms with E-state index in [-0.39, 0.29) is 12.0 Å². The van der Waals surface area contributed by atoms with Gasteiger partial charge >= 0.3 is 0 Å². The number of rotatable bonds is 2. The SMILES string of the molecule is O=C(c1ccc(C#CCC2CCCCC2)cc1)N1CCC(O)CC1. The lowest BCUT2D eigenvalue weighted by molar-refractivity contribution is 0.0546. The molecule has 1 saturated heterocycles. The van der Waals surface area contributed by atoms with Crippen LogP contribution >= 0.6 is 0 Å². The van der Waals surface area contributed by atoms with Gasteiger partial charge in [0, 0.05) is 30.6 Å². The molecule has 3 nitrogen and oxygen atoms in total. The number of nitrogens with zero attached hydrogens (tertiary/aromatic N) is 1. The number of likely N-dealkylation sites (tertiary alicyclic amines) is 1. The highest BCUT2D eigenvalue weighted by molar-refractivity contribution is 5.94. The third-order valence-electron chi connectivity index (χ3n) is 5.23. The summed E-state index contributed by atoms with van der Waals surface area (Å²) < 4.78 is 0. The standard InChI is InChI=1S/C21H27NO2/c23-20-13-15-22(16-14-20)21(24)19-11-9-18(10-12-19)8-4-7-17-5-2-1-3-6-17/h9-12,17,20,23H,1-3,5-7,13-16H2. The molecule has 1 N–H and O–H groups in total. The monoisotopic (exact) mass is 325 g/mol. The summed E-state index contributed by atoms with van der Waals surface area (Å²) in [6.45, 7) is 1.28. The molecule has 1 saturated carbocycles. The number of hydrogen-bond acceptors (Lipinski definition) is 2. The van der Waals surface area contributed by atoms with E-state index in [1.807, 2.05) is 29.2 Å². The smallest absolute Gasteiger partial charge is 0.253 e. The van der Waals surface area contributed by atoms with E-state index in [9.17, 15) is 9.90 Å². The molecule has 128 valence electrons. The molecular weight excluding hydrogens is 298 g/mol. The number of piperidine rings is 1. The van der Waals surface area contributed by atoms with Gasteiger partial charge < -0.3 is 10.0 Å². The van der Waals surface area contributed by atoms with Gasteiger partial charge in [0.05, 0.1) is 6.10 Å². The van der Waals surface area contributed by atoms with Crippen molar-refractivity contribution in [2.45, 2.75) is 57.5 Å². The first kappa shape index (κ1) is 17.0. The molecule has 1 aliphatic carbocycles. The van der Waals surface area contributed by atoms with Gasteiger partial charge in [-0.15, -0.1) is 0 Å². The fourth-order valence-electron chi connectivity index (χ4n) is 3.64. The summed E-state index contributed by atoms with van der Waals surface area (Å²) in [7, 11) is 0. The Morgan fingerprint density at radius 2 is 1.71 bits per heavy atom. The van der Waals surface area contributed by atoms with E-state index < -0.39 is 0 Å². The number of carbonyl (C=O) groups is 1. The van der Waals surface area contributed by atoms with Crippen molar-refractivity contribution in [3.05, 3.63) is 35.4 Å². The van der Waals surface area contributed by atoms with E-state index in [1.165, 1.54) is 32.1 Å². The minimum atomic E-state index is -0.254. The van der Waals surface area contributed by atoms with Crippen molar-refractivity contribution in [1.29, 1.82) is 0 Å². The molecular formula is C21H27NO2. The molecule has 1 aliphatic heterocycles. The van der Waals surface area contributed by atoms with Gasteiger partial charge in [-0.2, -0.15) is 0 Å². The second kappa shape index (κ2) is 8.35. The van der Waals surface area contributed by atoms with Crippen molar-refractivity contribution in [2.24, 2.45) is 5.92 Å². The van der Waals surface area contributed by atoms with Crippen LogP contribution in [-0.4, -0.2) is 35.1 Å². The van der Waals surface area contributed by atoms with Crippen molar-refractivity contribution in [1.82, 2.24) is 4.90 Å².